The normalized spacial score (nSPS) is 12.1. The van der Waals surface area contributed by atoms with Gasteiger partial charge in [0.15, 0.2) is 5.58 Å². The SMILES string of the molecule is CCc1c(Br)c(N)c(Br)c2nc(-c3ccc(C(C)(C)C)cc3)oc12. The molecule has 5 heteroatoms. The van der Waals surface area contributed by atoms with E-state index in [4.69, 9.17) is 10.2 Å². The predicted molar refractivity (Wildman–Crippen MR) is 107 cm³/mol. The molecule has 0 bridgehead atoms. The van der Waals surface area contributed by atoms with Gasteiger partial charge in [-0.1, -0.05) is 39.8 Å². The van der Waals surface area contributed by atoms with Gasteiger partial charge in [-0.25, -0.2) is 4.98 Å². The Balaban J connectivity index is 2.16. The highest BCUT2D eigenvalue weighted by Gasteiger charge is 2.20. The lowest BCUT2D eigenvalue weighted by molar-refractivity contribution is 0.589. The molecule has 3 nitrogen and oxygen atoms in total. The summed E-state index contributed by atoms with van der Waals surface area (Å²) >= 11 is 7.11. The standard InChI is InChI=1S/C19H20Br2N2O/c1-5-12-13(20)15(22)14(21)16-17(12)24-18(23-16)10-6-8-11(9-7-10)19(2,3)4/h6-9H,5,22H2,1-4H3. The largest absolute Gasteiger partial charge is 0.436 e. The third kappa shape index (κ3) is 2.88. The van der Waals surface area contributed by atoms with Crippen LogP contribution in [0.2, 0.25) is 0 Å². The number of aromatic nitrogens is 1. The van der Waals surface area contributed by atoms with Crippen LogP contribution in [0, 0.1) is 0 Å². The van der Waals surface area contributed by atoms with Crippen LogP contribution in [0.25, 0.3) is 22.6 Å². The maximum absolute atomic E-state index is 6.16. The fraction of sp³-hybridized carbons (Fsp3) is 0.316. The van der Waals surface area contributed by atoms with E-state index in [2.05, 4.69) is 88.8 Å². The zero-order valence-electron chi connectivity index (χ0n) is 14.2. The monoisotopic (exact) mass is 450 g/mol. The van der Waals surface area contributed by atoms with E-state index in [0.717, 1.165) is 37.6 Å². The zero-order valence-corrected chi connectivity index (χ0v) is 17.4. The van der Waals surface area contributed by atoms with Gasteiger partial charge in [-0.05, 0) is 61.4 Å². The molecule has 0 aliphatic heterocycles. The topological polar surface area (TPSA) is 52.0 Å². The van der Waals surface area contributed by atoms with Gasteiger partial charge in [-0.2, -0.15) is 0 Å². The minimum atomic E-state index is 0.123. The van der Waals surface area contributed by atoms with Crippen LogP contribution >= 0.6 is 31.9 Å². The van der Waals surface area contributed by atoms with Crippen LogP contribution in [0.4, 0.5) is 5.69 Å². The fourth-order valence-corrected chi connectivity index (χ4v) is 4.10. The second-order valence-electron chi connectivity index (χ2n) is 6.90. The highest BCUT2D eigenvalue weighted by atomic mass is 79.9. The van der Waals surface area contributed by atoms with Gasteiger partial charge in [-0.15, -0.1) is 0 Å². The Labute approximate surface area is 158 Å². The van der Waals surface area contributed by atoms with E-state index in [-0.39, 0.29) is 5.41 Å². The molecule has 0 fully saturated rings. The van der Waals surface area contributed by atoms with Crippen molar-refractivity contribution in [3.63, 3.8) is 0 Å². The summed E-state index contributed by atoms with van der Waals surface area (Å²) in [7, 11) is 0. The third-order valence-corrected chi connectivity index (χ3v) is 5.91. The lowest BCUT2D eigenvalue weighted by Crippen LogP contribution is -2.10. The summed E-state index contributed by atoms with van der Waals surface area (Å²) in [6, 6.07) is 8.38. The molecule has 24 heavy (non-hydrogen) atoms. The van der Waals surface area contributed by atoms with Crippen molar-refractivity contribution in [1.82, 2.24) is 4.98 Å². The number of hydrogen-bond acceptors (Lipinski definition) is 3. The first-order valence-corrected chi connectivity index (χ1v) is 9.49. The summed E-state index contributed by atoms with van der Waals surface area (Å²) in [6.07, 6.45) is 0.812. The Bertz CT molecular complexity index is 906. The number of benzene rings is 2. The molecule has 1 heterocycles. The van der Waals surface area contributed by atoms with E-state index in [1.807, 2.05) is 0 Å². The molecule has 3 rings (SSSR count). The van der Waals surface area contributed by atoms with Crippen LogP contribution in [-0.4, -0.2) is 4.98 Å². The van der Waals surface area contributed by atoms with Crippen molar-refractivity contribution in [2.45, 2.75) is 39.5 Å². The van der Waals surface area contributed by atoms with Gasteiger partial charge in [-0.3, -0.25) is 0 Å². The third-order valence-electron chi connectivity index (χ3n) is 4.20. The van der Waals surface area contributed by atoms with Crippen LogP contribution in [-0.2, 0) is 11.8 Å². The number of nitrogens with zero attached hydrogens (tertiary/aromatic N) is 1. The predicted octanol–water partition coefficient (Wildman–Crippen LogP) is 6.46. The van der Waals surface area contributed by atoms with Crippen molar-refractivity contribution in [2.24, 2.45) is 0 Å². The van der Waals surface area contributed by atoms with Gasteiger partial charge in [0.05, 0.1) is 10.2 Å². The molecule has 1 aromatic heterocycles. The lowest BCUT2D eigenvalue weighted by atomic mass is 9.87. The van der Waals surface area contributed by atoms with E-state index >= 15 is 0 Å². The molecule has 2 N–H and O–H groups in total. The highest BCUT2D eigenvalue weighted by Crippen LogP contribution is 2.41. The van der Waals surface area contributed by atoms with E-state index in [1.54, 1.807) is 0 Å². The first-order chi connectivity index (χ1) is 11.2. The van der Waals surface area contributed by atoms with E-state index in [9.17, 15) is 0 Å². The molecule has 0 unspecified atom stereocenters. The second-order valence-corrected chi connectivity index (χ2v) is 8.48. The number of oxazole rings is 1. The summed E-state index contributed by atoms with van der Waals surface area (Å²) < 4.78 is 7.73. The second kappa shape index (κ2) is 6.19. The van der Waals surface area contributed by atoms with Crippen molar-refractivity contribution in [2.75, 3.05) is 5.73 Å². The van der Waals surface area contributed by atoms with Gasteiger partial charge in [0.2, 0.25) is 5.89 Å². The molecule has 0 spiro atoms. The van der Waals surface area contributed by atoms with Crippen molar-refractivity contribution in [3.05, 3.63) is 44.3 Å². The van der Waals surface area contributed by atoms with Gasteiger partial charge in [0.1, 0.15) is 5.52 Å². The summed E-state index contributed by atoms with van der Waals surface area (Å²) in [5, 5.41) is 0. The van der Waals surface area contributed by atoms with Gasteiger partial charge >= 0.3 is 0 Å². The van der Waals surface area contributed by atoms with Crippen molar-refractivity contribution in [1.29, 1.82) is 0 Å². The first-order valence-electron chi connectivity index (χ1n) is 7.90. The van der Waals surface area contributed by atoms with E-state index < -0.39 is 0 Å². The Morgan fingerprint density at radius 2 is 1.71 bits per heavy atom. The van der Waals surface area contributed by atoms with Crippen LogP contribution in [0.3, 0.4) is 0 Å². The number of aryl methyl sites for hydroxylation is 1. The molecular weight excluding hydrogens is 432 g/mol. The quantitative estimate of drug-likeness (QED) is 0.454. The molecule has 2 aromatic carbocycles. The summed E-state index contributed by atoms with van der Waals surface area (Å²) in [5.41, 5.74) is 11.8. The molecule has 0 aliphatic rings. The Hall–Kier alpha value is -1.33. The highest BCUT2D eigenvalue weighted by molar-refractivity contribution is 9.11. The maximum atomic E-state index is 6.16. The van der Waals surface area contributed by atoms with Crippen LogP contribution in [0.1, 0.15) is 38.8 Å². The van der Waals surface area contributed by atoms with E-state index in [0.29, 0.717) is 11.6 Å². The number of anilines is 1. The minimum absolute atomic E-state index is 0.123. The molecule has 3 aromatic rings. The molecule has 0 radical (unpaired) electrons. The van der Waals surface area contributed by atoms with Gasteiger partial charge in [0, 0.05) is 15.6 Å². The molecule has 126 valence electrons. The maximum Gasteiger partial charge on any atom is 0.227 e. The lowest BCUT2D eigenvalue weighted by Gasteiger charge is -2.18. The van der Waals surface area contributed by atoms with E-state index in [1.165, 1.54) is 5.56 Å². The van der Waals surface area contributed by atoms with Crippen molar-refractivity contribution < 1.29 is 4.42 Å². The molecule has 0 atom stereocenters. The Morgan fingerprint density at radius 1 is 1.08 bits per heavy atom. The molecule has 0 saturated heterocycles. The van der Waals surface area contributed by atoms with Crippen molar-refractivity contribution in [3.8, 4) is 11.5 Å². The summed E-state index contributed by atoms with van der Waals surface area (Å²) in [6.45, 7) is 8.68. The average Bonchev–Trinajstić information content (AvgIpc) is 2.98. The summed E-state index contributed by atoms with van der Waals surface area (Å²) in [4.78, 5) is 4.67. The molecule has 0 saturated carbocycles. The smallest absolute Gasteiger partial charge is 0.227 e. The fourth-order valence-electron chi connectivity index (χ4n) is 2.71. The minimum Gasteiger partial charge on any atom is -0.436 e. The van der Waals surface area contributed by atoms with Crippen LogP contribution in [0.15, 0.2) is 37.6 Å². The number of nitrogen functional groups attached to an aromatic ring is 1. The van der Waals surface area contributed by atoms with Gasteiger partial charge in [0.25, 0.3) is 0 Å². The zero-order chi connectivity index (χ0) is 17.6. The number of fused-ring (bicyclic) bond motifs is 1. The van der Waals surface area contributed by atoms with Gasteiger partial charge < -0.3 is 10.2 Å². The molecular formula is C19H20Br2N2O. The Kier molecular flexibility index (Phi) is 4.51. The average molecular weight is 452 g/mol. The van der Waals surface area contributed by atoms with Crippen molar-refractivity contribution >= 4 is 48.6 Å². The Morgan fingerprint density at radius 3 is 2.25 bits per heavy atom. The summed E-state index contributed by atoms with van der Waals surface area (Å²) in [5.74, 6) is 0.610. The number of rotatable bonds is 2. The molecule has 0 aliphatic carbocycles. The molecule has 0 amide bonds. The van der Waals surface area contributed by atoms with Crippen LogP contribution in [0.5, 0.6) is 0 Å². The number of hydrogen-bond donors (Lipinski definition) is 1. The number of halogens is 2. The number of nitrogens with two attached hydrogens (primary N) is 1. The first kappa shape index (κ1) is 17.5. The van der Waals surface area contributed by atoms with Crippen LogP contribution < -0.4 is 5.73 Å².